The largest absolute Gasteiger partial charge is 0.506 e. The Bertz CT molecular complexity index is 1580. The smallest absolute Gasteiger partial charge is 0.472 e. The molecule has 1 amide bonds. The van der Waals surface area contributed by atoms with Gasteiger partial charge in [0.05, 0.1) is 18.2 Å². The van der Waals surface area contributed by atoms with Crippen LogP contribution in [0.15, 0.2) is 27.4 Å². The molecular weight excluding hydrogens is 789 g/mol. The maximum absolute atomic E-state index is 12.7. The number of carbonyl (C=O) groups is 3. The maximum atomic E-state index is 12.7. The fraction of sp³-hybridized carbons (Fsp3) is 0.721. The van der Waals surface area contributed by atoms with Crippen molar-refractivity contribution in [1.29, 1.82) is 0 Å². The number of rotatable bonds is 35. The summed E-state index contributed by atoms with van der Waals surface area (Å²) in [4.78, 5) is 60.5. The Kier molecular flexibility index (Phi) is 27.3. The Morgan fingerprint density at radius 3 is 1.76 bits per heavy atom. The molecule has 0 saturated carbocycles. The Morgan fingerprint density at radius 2 is 1.22 bits per heavy atom. The predicted octanol–water partition coefficient (Wildman–Crippen LogP) is 10.9. The topological polar surface area (TPSA) is 188 Å². The number of aromatic hydroxyl groups is 1. The van der Waals surface area contributed by atoms with Crippen molar-refractivity contribution < 1.29 is 51.9 Å². The van der Waals surface area contributed by atoms with Crippen LogP contribution in [0.25, 0.3) is 11.0 Å². The van der Waals surface area contributed by atoms with Gasteiger partial charge in [-0.25, -0.2) is 9.36 Å². The number of hydrogen-bond acceptors (Lipinski definition) is 11. The SMILES string of the molecule is CCCCCCCCCCCCCC(=O)OCC(COP(=O)(O)OCCNC(=O)c1cc2cc(Cl)c(O)cc2oc1=O)OC(=O)CCCCCCCCCCCCC. The summed E-state index contributed by atoms with van der Waals surface area (Å²) in [5.41, 5.74) is -1.29. The quantitative estimate of drug-likeness (QED) is 0.0258. The summed E-state index contributed by atoms with van der Waals surface area (Å²) in [5.74, 6) is -2.11. The van der Waals surface area contributed by atoms with Crippen LogP contribution in [0.2, 0.25) is 5.02 Å². The lowest BCUT2D eigenvalue weighted by Gasteiger charge is -2.20. The number of benzene rings is 1. The third kappa shape index (κ3) is 23.6. The molecule has 0 saturated heterocycles. The normalized spacial score (nSPS) is 13.0. The van der Waals surface area contributed by atoms with Crippen molar-refractivity contribution in [2.24, 2.45) is 0 Å². The van der Waals surface area contributed by atoms with E-state index in [1.807, 2.05) is 0 Å². The maximum Gasteiger partial charge on any atom is 0.472 e. The Hall–Kier alpha value is -2.96. The van der Waals surface area contributed by atoms with Gasteiger partial charge in [0.2, 0.25) is 0 Å². The molecule has 1 aromatic carbocycles. The zero-order chi connectivity index (χ0) is 42.4. The first-order valence-electron chi connectivity index (χ1n) is 21.7. The Balaban J connectivity index is 1.78. The van der Waals surface area contributed by atoms with Gasteiger partial charge in [0.15, 0.2) is 6.10 Å². The molecule has 0 fully saturated rings. The summed E-state index contributed by atoms with van der Waals surface area (Å²) in [5, 5.41) is 12.4. The molecule has 0 spiro atoms. The molecule has 2 aromatic rings. The first-order chi connectivity index (χ1) is 28.0. The lowest BCUT2D eigenvalue weighted by Crippen LogP contribution is -2.31. The summed E-state index contributed by atoms with van der Waals surface area (Å²) in [6, 6.07) is 3.73. The minimum atomic E-state index is -4.71. The van der Waals surface area contributed by atoms with Gasteiger partial charge in [-0.15, -0.1) is 0 Å². The van der Waals surface area contributed by atoms with Crippen LogP contribution in [0.5, 0.6) is 5.75 Å². The average molecular weight is 858 g/mol. The minimum absolute atomic E-state index is 0.00101. The molecule has 13 nitrogen and oxygen atoms in total. The van der Waals surface area contributed by atoms with Gasteiger partial charge < -0.3 is 29.2 Å². The van der Waals surface area contributed by atoms with E-state index < -0.39 is 50.6 Å². The first-order valence-corrected chi connectivity index (χ1v) is 23.5. The van der Waals surface area contributed by atoms with E-state index in [2.05, 4.69) is 19.2 Å². The third-order valence-corrected chi connectivity index (χ3v) is 11.1. The molecule has 0 aliphatic carbocycles. The van der Waals surface area contributed by atoms with E-state index in [-0.39, 0.29) is 47.9 Å². The number of ether oxygens (including phenoxy) is 2. The van der Waals surface area contributed by atoms with Crippen molar-refractivity contribution in [2.45, 2.75) is 174 Å². The zero-order valence-corrected chi connectivity index (χ0v) is 36.6. The summed E-state index contributed by atoms with van der Waals surface area (Å²) >= 11 is 5.92. The van der Waals surface area contributed by atoms with Crippen LogP contribution in [0, 0.1) is 0 Å². The van der Waals surface area contributed by atoms with Gasteiger partial charge in [-0.3, -0.25) is 23.4 Å². The second-order valence-corrected chi connectivity index (χ2v) is 16.9. The van der Waals surface area contributed by atoms with Gasteiger partial charge in [-0.05, 0) is 25.0 Å². The number of unbranched alkanes of at least 4 members (excludes halogenated alkanes) is 20. The molecule has 3 N–H and O–H groups in total. The van der Waals surface area contributed by atoms with Crippen molar-refractivity contribution in [2.75, 3.05) is 26.4 Å². The van der Waals surface area contributed by atoms with E-state index >= 15 is 0 Å². The molecule has 0 bridgehead atoms. The highest BCUT2D eigenvalue weighted by Crippen LogP contribution is 2.43. The number of esters is 2. The highest BCUT2D eigenvalue weighted by Gasteiger charge is 2.26. The Morgan fingerprint density at radius 1 is 0.724 bits per heavy atom. The molecule has 2 atom stereocenters. The lowest BCUT2D eigenvalue weighted by atomic mass is 10.1. The van der Waals surface area contributed by atoms with E-state index in [0.29, 0.717) is 18.2 Å². The molecule has 2 rings (SSSR count). The molecule has 0 radical (unpaired) electrons. The fourth-order valence-electron chi connectivity index (χ4n) is 6.41. The zero-order valence-electron chi connectivity index (χ0n) is 34.9. The number of fused-ring (bicyclic) bond motifs is 1. The summed E-state index contributed by atoms with van der Waals surface area (Å²) in [7, 11) is -4.71. The molecule has 1 aromatic heterocycles. The lowest BCUT2D eigenvalue weighted by molar-refractivity contribution is -0.161. The predicted molar refractivity (Wildman–Crippen MR) is 226 cm³/mol. The number of phosphoric acid groups is 1. The van der Waals surface area contributed by atoms with Crippen molar-refractivity contribution in [3.8, 4) is 5.75 Å². The number of amides is 1. The standard InChI is InChI=1S/C43H69ClNO12P/c1-3-5-7-9-11-13-15-17-19-21-23-25-40(47)53-32-35(56-41(48)26-24-22-20-18-16-14-12-10-8-6-4-2)33-55-58(51,52)54-28-27-45-42(49)36-29-34-30-37(44)38(46)31-39(34)57-43(36)50/h29-31,35,46H,3-28,32-33H2,1-2H3,(H,45,49)(H,51,52). The summed E-state index contributed by atoms with van der Waals surface area (Å²) in [6.07, 6.45) is 24.3. The van der Waals surface area contributed by atoms with Crippen molar-refractivity contribution in [3.63, 3.8) is 0 Å². The number of halogens is 1. The van der Waals surface area contributed by atoms with E-state index in [0.717, 1.165) is 44.6 Å². The van der Waals surface area contributed by atoms with Gasteiger partial charge in [0.25, 0.3) is 5.91 Å². The average Bonchev–Trinajstić information content (AvgIpc) is 3.19. The van der Waals surface area contributed by atoms with Crippen molar-refractivity contribution in [1.82, 2.24) is 5.32 Å². The molecule has 330 valence electrons. The number of carbonyl (C=O) groups excluding carboxylic acids is 3. The van der Waals surface area contributed by atoms with Gasteiger partial charge >= 0.3 is 25.4 Å². The molecule has 2 unspecified atom stereocenters. The van der Waals surface area contributed by atoms with Gasteiger partial charge in [0.1, 0.15) is 23.5 Å². The summed E-state index contributed by atoms with van der Waals surface area (Å²) in [6.45, 7) is 2.74. The number of phosphoric ester groups is 1. The highest BCUT2D eigenvalue weighted by molar-refractivity contribution is 7.47. The number of phenolic OH excluding ortho intramolecular Hbond substituents is 1. The van der Waals surface area contributed by atoms with Crippen LogP contribution in [0.3, 0.4) is 0 Å². The molecule has 1 heterocycles. The fourth-order valence-corrected chi connectivity index (χ4v) is 7.33. The molecular formula is C43H69ClNO12P. The first kappa shape index (κ1) is 51.2. The highest BCUT2D eigenvalue weighted by atomic mass is 35.5. The van der Waals surface area contributed by atoms with Gasteiger partial charge in [-0.1, -0.05) is 154 Å². The van der Waals surface area contributed by atoms with E-state index in [1.165, 1.54) is 102 Å². The van der Waals surface area contributed by atoms with Crippen LogP contribution in [-0.4, -0.2) is 60.3 Å². The monoisotopic (exact) mass is 857 g/mol. The van der Waals surface area contributed by atoms with Crippen LogP contribution in [0.1, 0.15) is 178 Å². The van der Waals surface area contributed by atoms with E-state index in [4.69, 9.17) is 34.5 Å². The number of hydrogen-bond donors (Lipinski definition) is 3. The minimum Gasteiger partial charge on any atom is -0.506 e. The van der Waals surface area contributed by atoms with Crippen molar-refractivity contribution >= 4 is 48.2 Å². The molecule has 15 heteroatoms. The van der Waals surface area contributed by atoms with Crippen molar-refractivity contribution in [3.05, 3.63) is 39.2 Å². The summed E-state index contributed by atoms with van der Waals surface area (Å²) < 4.78 is 38.7. The Labute approximate surface area is 349 Å². The molecule has 0 aliphatic rings. The van der Waals surface area contributed by atoms with E-state index in [9.17, 15) is 33.7 Å². The number of phenols is 1. The number of nitrogens with one attached hydrogen (secondary N) is 1. The van der Waals surface area contributed by atoms with Crippen LogP contribution < -0.4 is 10.9 Å². The third-order valence-electron chi connectivity index (χ3n) is 9.81. The van der Waals surface area contributed by atoms with E-state index in [1.54, 1.807) is 0 Å². The second kappa shape index (κ2) is 31.0. The van der Waals surface area contributed by atoms with Gasteiger partial charge in [-0.2, -0.15) is 0 Å². The van der Waals surface area contributed by atoms with Crippen LogP contribution >= 0.6 is 19.4 Å². The van der Waals surface area contributed by atoms with Crippen LogP contribution in [0.4, 0.5) is 0 Å². The molecule has 58 heavy (non-hydrogen) atoms. The second-order valence-electron chi connectivity index (χ2n) is 15.0. The molecule has 0 aliphatic heterocycles. The van der Waals surface area contributed by atoms with Crippen LogP contribution in [-0.2, 0) is 32.7 Å². The van der Waals surface area contributed by atoms with Gasteiger partial charge in [0, 0.05) is 30.8 Å².